The lowest BCUT2D eigenvalue weighted by Crippen LogP contribution is -2.50. The zero-order chi connectivity index (χ0) is 23.8. The highest BCUT2D eigenvalue weighted by Crippen LogP contribution is 2.20. The van der Waals surface area contributed by atoms with Crippen LogP contribution in [0.2, 0.25) is 5.02 Å². The summed E-state index contributed by atoms with van der Waals surface area (Å²) in [5, 5.41) is 25.8. The van der Waals surface area contributed by atoms with Crippen molar-refractivity contribution < 1.29 is 24.6 Å². The van der Waals surface area contributed by atoms with Crippen LogP contribution < -0.4 is 10.6 Å². The molecule has 0 aliphatic rings. The van der Waals surface area contributed by atoms with Gasteiger partial charge in [-0.2, -0.15) is 0 Å². The minimum Gasteiger partial charge on any atom is -0.480 e. The van der Waals surface area contributed by atoms with Crippen molar-refractivity contribution >= 4 is 29.4 Å². The molecule has 33 heavy (non-hydrogen) atoms. The van der Waals surface area contributed by atoms with Gasteiger partial charge >= 0.3 is 5.97 Å². The van der Waals surface area contributed by atoms with E-state index in [0.29, 0.717) is 21.7 Å². The molecule has 0 heterocycles. The minimum absolute atomic E-state index is 0.0696. The van der Waals surface area contributed by atoms with Crippen LogP contribution in [0.1, 0.15) is 27.5 Å². The van der Waals surface area contributed by atoms with Crippen LogP contribution >= 0.6 is 11.6 Å². The Morgan fingerprint density at radius 3 is 2.00 bits per heavy atom. The van der Waals surface area contributed by atoms with Crippen molar-refractivity contribution in [3.8, 4) is 0 Å². The molecular weight excluding hydrogens is 444 g/mol. The van der Waals surface area contributed by atoms with Gasteiger partial charge in [0.15, 0.2) is 6.10 Å². The normalized spacial score (nSPS) is 13.4. The van der Waals surface area contributed by atoms with Gasteiger partial charge in [0.25, 0.3) is 11.8 Å². The molecule has 0 radical (unpaired) electrons. The van der Waals surface area contributed by atoms with Gasteiger partial charge in [0.2, 0.25) is 0 Å². The number of benzene rings is 3. The molecule has 0 spiro atoms. The summed E-state index contributed by atoms with van der Waals surface area (Å²) in [5.41, 5.74) is 1.38. The van der Waals surface area contributed by atoms with Gasteiger partial charge in [0, 0.05) is 17.0 Å². The molecule has 3 aromatic rings. The summed E-state index contributed by atoms with van der Waals surface area (Å²) < 4.78 is 0. The maximum absolute atomic E-state index is 12.9. The van der Waals surface area contributed by atoms with Crippen LogP contribution in [0.3, 0.4) is 0 Å². The number of aliphatic hydroxyl groups is 1. The van der Waals surface area contributed by atoms with Gasteiger partial charge in [-0.25, -0.2) is 4.79 Å². The number of carboxylic acid groups (broad SMARTS) is 1. The quantitative estimate of drug-likeness (QED) is 0.387. The van der Waals surface area contributed by atoms with Gasteiger partial charge in [-0.15, -0.1) is 0 Å². The van der Waals surface area contributed by atoms with Crippen molar-refractivity contribution in [1.29, 1.82) is 0 Å². The molecule has 0 saturated heterocycles. The number of rotatable bonds is 9. The van der Waals surface area contributed by atoms with Gasteiger partial charge in [-0.3, -0.25) is 9.59 Å². The molecule has 7 nitrogen and oxygen atoms in total. The van der Waals surface area contributed by atoms with Gasteiger partial charge < -0.3 is 20.8 Å². The van der Waals surface area contributed by atoms with E-state index in [0.717, 1.165) is 0 Å². The van der Waals surface area contributed by atoms with Gasteiger partial charge in [-0.1, -0.05) is 78.3 Å². The monoisotopic (exact) mass is 466 g/mol. The number of hydrogen-bond donors (Lipinski definition) is 4. The fourth-order valence-corrected chi connectivity index (χ4v) is 3.52. The zero-order valence-corrected chi connectivity index (χ0v) is 18.3. The zero-order valence-electron chi connectivity index (χ0n) is 17.5. The first-order valence-electron chi connectivity index (χ1n) is 10.2. The average molecular weight is 467 g/mol. The molecule has 0 aromatic heterocycles. The first-order valence-corrected chi connectivity index (χ1v) is 10.6. The second-order valence-corrected chi connectivity index (χ2v) is 7.77. The molecule has 0 aliphatic carbocycles. The molecule has 3 rings (SSSR count). The second kappa shape index (κ2) is 11.3. The standard InChI is InChI=1S/C25H23ClN2O5/c26-19-14-8-7-13-18(19)15-20(25(32)33)27-24(31)22(29)21(16-9-3-1-4-10-16)28-23(30)17-11-5-2-6-12-17/h1-14,20-22,29H,15H2,(H,27,31)(H,28,30)(H,32,33)/t20-,21+,22-/m1/s1. The first-order chi connectivity index (χ1) is 15.9. The second-order valence-electron chi connectivity index (χ2n) is 7.37. The lowest BCUT2D eigenvalue weighted by molar-refractivity contribution is -0.143. The van der Waals surface area contributed by atoms with Crippen molar-refractivity contribution in [1.82, 2.24) is 10.6 Å². The number of nitrogens with one attached hydrogen (secondary N) is 2. The third-order valence-corrected chi connectivity index (χ3v) is 5.43. The van der Waals surface area contributed by atoms with Crippen LogP contribution in [0.4, 0.5) is 0 Å². The molecule has 3 atom stereocenters. The largest absolute Gasteiger partial charge is 0.480 e. The number of carbonyl (C=O) groups is 3. The van der Waals surface area contributed by atoms with Crippen LogP contribution in [0.25, 0.3) is 0 Å². The van der Waals surface area contributed by atoms with Crippen molar-refractivity contribution in [3.63, 3.8) is 0 Å². The molecule has 0 bridgehead atoms. The summed E-state index contributed by atoms with van der Waals surface area (Å²) in [7, 11) is 0. The van der Waals surface area contributed by atoms with E-state index >= 15 is 0 Å². The maximum atomic E-state index is 12.9. The lowest BCUT2D eigenvalue weighted by atomic mass is 9.99. The predicted octanol–water partition coefficient (Wildman–Crippen LogP) is 2.98. The summed E-state index contributed by atoms with van der Waals surface area (Å²) >= 11 is 6.12. The third kappa shape index (κ3) is 6.41. The SMILES string of the molecule is O=C(N[C@@H](c1ccccc1)[C@@H](O)C(=O)N[C@H](Cc1ccccc1Cl)C(=O)O)c1ccccc1. The molecule has 170 valence electrons. The molecule has 0 fully saturated rings. The Hall–Kier alpha value is -3.68. The molecule has 0 saturated carbocycles. The number of aliphatic carboxylic acids is 1. The van der Waals surface area contributed by atoms with E-state index in [2.05, 4.69) is 10.6 Å². The maximum Gasteiger partial charge on any atom is 0.326 e. The first kappa shape index (κ1) is 24.0. The number of aliphatic hydroxyl groups excluding tert-OH is 1. The minimum atomic E-state index is -1.74. The number of hydrogen-bond acceptors (Lipinski definition) is 4. The molecule has 8 heteroatoms. The van der Waals surface area contributed by atoms with E-state index in [1.54, 1.807) is 84.9 Å². The number of amides is 2. The van der Waals surface area contributed by atoms with E-state index in [9.17, 15) is 24.6 Å². The van der Waals surface area contributed by atoms with Gasteiger partial charge in [-0.05, 0) is 29.3 Å². The average Bonchev–Trinajstić information content (AvgIpc) is 2.83. The number of halogens is 1. The van der Waals surface area contributed by atoms with E-state index in [4.69, 9.17) is 11.6 Å². The van der Waals surface area contributed by atoms with Crippen LogP contribution in [-0.4, -0.2) is 40.1 Å². The molecular formula is C25H23ClN2O5. The summed E-state index contributed by atoms with van der Waals surface area (Å²) in [5.74, 6) is -2.70. The Balaban J connectivity index is 1.79. The van der Waals surface area contributed by atoms with Crippen LogP contribution in [0, 0.1) is 0 Å². The number of carbonyl (C=O) groups excluding carboxylic acids is 2. The molecule has 3 aromatic carbocycles. The smallest absolute Gasteiger partial charge is 0.326 e. The Morgan fingerprint density at radius 2 is 1.39 bits per heavy atom. The summed E-state index contributed by atoms with van der Waals surface area (Å²) in [6, 6.07) is 21.1. The van der Waals surface area contributed by atoms with Crippen LogP contribution in [0.15, 0.2) is 84.9 Å². The van der Waals surface area contributed by atoms with E-state index < -0.39 is 36.0 Å². The van der Waals surface area contributed by atoms with Crippen molar-refractivity contribution in [2.24, 2.45) is 0 Å². The Kier molecular flexibility index (Phi) is 8.18. The topological polar surface area (TPSA) is 116 Å². The summed E-state index contributed by atoms with van der Waals surface area (Å²) in [6.45, 7) is 0. The van der Waals surface area contributed by atoms with Gasteiger partial charge in [0.05, 0.1) is 6.04 Å². The highest BCUT2D eigenvalue weighted by molar-refractivity contribution is 6.31. The van der Waals surface area contributed by atoms with Crippen molar-refractivity contribution in [3.05, 3.63) is 107 Å². The Labute approximate surface area is 196 Å². The molecule has 4 N–H and O–H groups in total. The van der Waals surface area contributed by atoms with E-state index in [1.165, 1.54) is 0 Å². The van der Waals surface area contributed by atoms with Gasteiger partial charge in [0.1, 0.15) is 6.04 Å². The number of carboxylic acids is 1. The molecule has 2 amide bonds. The fourth-order valence-electron chi connectivity index (χ4n) is 3.31. The lowest BCUT2D eigenvalue weighted by Gasteiger charge is -2.25. The third-order valence-electron chi connectivity index (χ3n) is 5.06. The summed E-state index contributed by atoms with van der Waals surface area (Å²) in [6.07, 6.45) is -1.81. The van der Waals surface area contributed by atoms with Crippen molar-refractivity contribution in [2.45, 2.75) is 24.6 Å². The summed E-state index contributed by atoms with van der Waals surface area (Å²) in [4.78, 5) is 37.3. The van der Waals surface area contributed by atoms with Crippen LogP contribution in [-0.2, 0) is 16.0 Å². The van der Waals surface area contributed by atoms with E-state index in [-0.39, 0.29) is 6.42 Å². The highest BCUT2D eigenvalue weighted by atomic mass is 35.5. The predicted molar refractivity (Wildman–Crippen MR) is 124 cm³/mol. The van der Waals surface area contributed by atoms with E-state index in [1.807, 2.05) is 0 Å². The Morgan fingerprint density at radius 1 is 0.818 bits per heavy atom. The molecule has 0 aliphatic heterocycles. The fraction of sp³-hybridized carbons (Fsp3) is 0.160. The highest BCUT2D eigenvalue weighted by Gasteiger charge is 2.32. The molecule has 0 unspecified atom stereocenters. The Bertz CT molecular complexity index is 1110. The van der Waals surface area contributed by atoms with Crippen molar-refractivity contribution in [2.75, 3.05) is 0 Å². The van der Waals surface area contributed by atoms with Crippen LogP contribution in [0.5, 0.6) is 0 Å².